The highest BCUT2D eigenvalue weighted by molar-refractivity contribution is 9.10. The van der Waals surface area contributed by atoms with Gasteiger partial charge in [-0.1, -0.05) is 23.9 Å². The van der Waals surface area contributed by atoms with Gasteiger partial charge in [0.15, 0.2) is 16.8 Å². The minimum Gasteiger partial charge on any atom is -0.497 e. The molecule has 0 aliphatic heterocycles. The molecule has 0 unspecified atom stereocenters. The van der Waals surface area contributed by atoms with Crippen LogP contribution in [0.3, 0.4) is 0 Å². The Hall–Kier alpha value is -2.99. The van der Waals surface area contributed by atoms with Crippen molar-refractivity contribution in [2.75, 3.05) is 18.2 Å². The summed E-state index contributed by atoms with van der Waals surface area (Å²) < 4.78 is 34.1. The van der Waals surface area contributed by atoms with E-state index in [1.165, 1.54) is 0 Å². The van der Waals surface area contributed by atoms with Gasteiger partial charge >= 0.3 is 0 Å². The summed E-state index contributed by atoms with van der Waals surface area (Å²) in [6.07, 6.45) is 0.210. The van der Waals surface area contributed by atoms with Crippen LogP contribution in [-0.4, -0.2) is 39.4 Å². The van der Waals surface area contributed by atoms with Crippen LogP contribution < -0.4 is 15.4 Å². The third-order valence-corrected chi connectivity index (χ3v) is 6.27. The van der Waals surface area contributed by atoms with E-state index in [-0.39, 0.29) is 34.8 Å². The second-order valence-corrected chi connectivity index (χ2v) is 8.82. The first-order chi connectivity index (χ1) is 16.3. The lowest BCUT2D eigenvalue weighted by atomic mass is 10.1. The number of thioether (sulfide) groups is 1. The first-order valence-electron chi connectivity index (χ1n) is 10.2. The average Bonchev–Trinajstić information content (AvgIpc) is 3.21. The number of carbonyl (C=O) groups is 2. The molecule has 0 saturated carbocycles. The van der Waals surface area contributed by atoms with E-state index in [0.717, 1.165) is 23.4 Å². The molecule has 0 saturated heterocycles. The highest BCUT2D eigenvalue weighted by Crippen LogP contribution is 2.27. The van der Waals surface area contributed by atoms with E-state index in [0.29, 0.717) is 29.3 Å². The summed E-state index contributed by atoms with van der Waals surface area (Å²) in [7, 11) is 1.58. The molecule has 0 fully saturated rings. The molecule has 0 bridgehead atoms. The average molecular weight is 554 g/mol. The summed E-state index contributed by atoms with van der Waals surface area (Å²) >= 11 is 4.15. The highest BCUT2D eigenvalue weighted by atomic mass is 79.9. The first-order valence-corrected chi connectivity index (χ1v) is 12.0. The van der Waals surface area contributed by atoms with E-state index in [4.69, 9.17) is 4.74 Å². The van der Waals surface area contributed by atoms with Gasteiger partial charge in [-0.15, -0.1) is 10.2 Å². The van der Waals surface area contributed by atoms with E-state index in [2.05, 4.69) is 36.8 Å². The summed E-state index contributed by atoms with van der Waals surface area (Å²) in [5.74, 6) is -1.10. The van der Waals surface area contributed by atoms with Crippen LogP contribution in [0.4, 0.5) is 14.5 Å². The van der Waals surface area contributed by atoms with Gasteiger partial charge in [-0.2, -0.15) is 0 Å². The van der Waals surface area contributed by atoms with Crippen LogP contribution in [0.5, 0.6) is 5.75 Å². The fourth-order valence-corrected chi connectivity index (χ4v) is 4.34. The molecule has 180 valence electrons. The fraction of sp³-hybridized carbons (Fsp3) is 0.273. The molecule has 2 aromatic carbocycles. The number of ether oxygens (including phenoxy) is 1. The molecule has 1 aromatic heterocycles. The topological polar surface area (TPSA) is 98.1 Å². The predicted octanol–water partition coefficient (Wildman–Crippen LogP) is 3.94. The number of aromatic nitrogens is 3. The van der Waals surface area contributed by atoms with Gasteiger partial charge < -0.3 is 19.9 Å². The number of methoxy groups -OCH3 is 1. The Balaban J connectivity index is 1.54. The Kier molecular flexibility index (Phi) is 8.99. The molecule has 0 radical (unpaired) electrons. The van der Waals surface area contributed by atoms with Gasteiger partial charge in [-0.25, -0.2) is 8.78 Å². The van der Waals surface area contributed by atoms with E-state index in [1.54, 1.807) is 23.8 Å². The number of anilines is 1. The van der Waals surface area contributed by atoms with Crippen molar-refractivity contribution < 1.29 is 23.1 Å². The Labute approximate surface area is 207 Å². The van der Waals surface area contributed by atoms with Crippen molar-refractivity contribution in [3.63, 3.8) is 0 Å². The van der Waals surface area contributed by atoms with Gasteiger partial charge in [-0.3, -0.25) is 9.59 Å². The molecule has 3 aromatic rings. The Morgan fingerprint density at radius 3 is 2.53 bits per heavy atom. The van der Waals surface area contributed by atoms with Crippen molar-refractivity contribution in [1.82, 2.24) is 20.1 Å². The Morgan fingerprint density at radius 1 is 1.15 bits per heavy atom. The van der Waals surface area contributed by atoms with Crippen molar-refractivity contribution in [1.29, 1.82) is 0 Å². The standard InChI is InChI=1S/C22H22BrF2N5O3S/c1-3-30-18(11-26-19(31)8-13-4-6-15(33-2)7-5-13)28-29-22(30)34-12-20(32)27-21-16(23)9-14(24)10-17(21)25/h4-7,9-10H,3,8,11-12H2,1-2H3,(H,26,31)(H,27,32). The molecule has 0 aliphatic carbocycles. The molecule has 2 amide bonds. The van der Waals surface area contributed by atoms with Gasteiger partial charge in [-0.05, 0) is 46.6 Å². The van der Waals surface area contributed by atoms with Gasteiger partial charge in [0, 0.05) is 17.1 Å². The summed E-state index contributed by atoms with van der Waals surface area (Å²) in [5, 5.41) is 13.9. The van der Waals surface area contributed by atoms with Gasteiger partial charge in [0.05, 0.1) is 31.5 Å². The van der Waals surface area contributed by atoms with Crippen LogP contribution >= 0.6 is 27.7 Å². The number of carbonyl (C=O) groups excluding carboxylic acids is 2. The van der Waals surface area contributed by atoms with Gasteiger partial charge in [0.2, 0.25) is 11.8 Å². The van der Waals surface area contributed by atoms with Crippen LogP contribution in [-0.2, 0) is 29.1 Å². The minimum absolute atomic E-state index is 0.0643. The number of amides is 2. The normalized spacial score (nSPS) is 10.7. The second-order valence-electron chi connectivity index (χ2n) is 7.03. The fourth-order valence-electron chi connectivity index (χ4n) is 3.01. The van der Waals surface area contributed by atoms with Crippen LogP contribution in [0, 0.1) is 11.6 Å². The number of nitrogens with one attached hydrogen (secondary N) is 2. The molecule has 0 spiro atoms. The zero-order valence-electron chi connectivity index (χ0n) is 18.4. The maximum atomic E-state index is 13.9. The largest absolute Gasteiger partial charge is 0.497 e. The molecule has 3 rings (SSSR count). The summed E-state index contributed by atoms with van der Waals surface area (Å²) in [6, 6.07) is 8.98. The number of hydrogen-bond acceptors (Lipinski definition) is 6. The lowest BCUT2D eigenvalue weighted by Gasteiger charge is -2.10. The Bertz CT molecular complexity index is 1150. The predicted molar refractivity (Wildman–Crippen MR) is 128 cm³/mol. The van der Waals surface area contributed by atoms with Gasteiger partial charge in [0.25, 0.3) is 0 Å². The maximum absolute atomic E-state index is 13.9. The number of benzene rings is 2. The zero-order chi connectivity index (χ0) is 24.7. The third kappa shape index (κ3) is 6.76. The summed E-state index contributed by atoms with van der Waals surface area (Å²) in [5.41, 5.74) is 0.714. The molecule has 8 nitrogen and oxygen atoms in total. The highest BCUT2D eigenvalue weighted by Gasteiger charge is 2.16. The van der Waals surface area contributed by atoms with Gasteiger partial charge in [0.1, 0.15) is 11.6 Å². The zero-order valence-corrected chi connectivity index (χ0v) is 20.8. The van der Waals surface area contributed by atoms with Crippen LogP contribution in [0.25, 0.3) is 0 Å². The quantitative estimate of drug-likeness (QED) is 0.369. The lowest BCUT2D eigenvalue weighted by Crippen LogP contribution is -2.26. The van der Waals surface area contributed by atoms with Crippen LogP contribution in [0.2, 0.25) is 0 Å². The van der Waals surface area contributed by atoms with Crippen molar-refractivity contribution in [2.45, 2.75) is 31.6 Å². The van der Waals surface area contributed by atoms with E-state index in [9.17, 15) is 18.4 Å². The van der Waals surface area contributed by atoms with Crippen LogP contribution in [0.1, 0.15) is 18.3 Å². The second kappa shape index (κ2) is 11.9. The molecule has 1 heterocycles. The number of halogens is 3. The van der Waals surface area contributed by atoms with Crippen molar-refractivity contribution in [3.05, 3.63) is 63.9 Å². The minimum atomic E-state index is -0.880. The van der Waals surface area contributed by atoms with E-state index >= 15 is 0 Å². The SMILES string of the molecule is CCn1c(CNC(=O)Cc2ccc(OC)cc2)nnc1SCC(=O)Nc1c(F)cc(F)cc1Br. The van der Waals surface area contributed by atoms with Crippen LogP contribution in [0.15, 0.2) is 46.0 Å². The van der Waals surface area contributed by atoms with Crippen molar-refractivity contribution in [2.24, 2.45) is 0 Å². The molecule has 2 N–H and O–H groups in total. The van der Waals surface area contributed by atoms with E-state index in [1.807, 2.05) is 19.1 Å². The third-order valence-electron chi connectivity index (χ3n) is 4.68. The summed E-state index contributed by atoms with van der Waals surface area (Å²) in [6.45, 7) is 2.59. The molecular formula is C22H22BrF2N5O3S. The molecular weight excluding hydrogens is 532 g/mol. The molecule has 34 heavy (non-hydrogen) atoms. The number of nitrogens with zero attached hydrogens (tertiary/aromatic N) is 3. The first kappa shape index (κ1) is 25.6. The van der Waals surface area contributed by atoms with Crippen molar-refractivity contribution in [3.8, 4) is 5.75 Å². The Morgan fingerprint density at radius 2 is 1.88 bits per heavy atom. The number of rotatable bonds is 10. The monoisotopic (exact) mass is 553 g/mol. The maximum Gasteiger partial charge on any atom is 0.234 e. The smallest absolute Gasteiger partial charge is 0.234 e. The van der Waals surface area contributed by atoms with Crippen molar-refractivity contribution >= 4 is 45.2 Å². The molecule has 12 heteroatoms. The number of hydrogen-bond donors (Lipinski definition) is 2. The summed E-state index contributed by atoms with van der Waals surface area (Å²) in [4.78, 5) is 24.6. The lowest BCUT2D eigenvalue weighted by molar-refractivity contribution is -0.120. The van der Waals surface area contributed by atoms with E-state index < -0.39 is 17.5 Å². The molecule has 0 aliphatic rings. The molecule has 0 atom stereocenters.